The minimum Gasteiger partial charge on any atom is -0.366 e. The van der Waals surface area contributed by atoms with E-state index in [9.17, 15) is 4.39 Å². The van der Waals surface area contributed by atoms with Crippen LogP contribution in [0, 0.1) is 17.1 Å². The summed E-state index contributed by atoms with van der Waals surface area (Å²) in [7, 11) is 1.83. The largest absolute Gasteiger partial charge is 0.366 e. The third-order valence-corrected chi connectivity index (χ3v) is 4.03. The minimum absolute atomic E-state index is 0.208. The maximum atomic E-state index is 13.0. The molecule has 0 radical (unpaired) electrons. The number of benzene rings is 1. The first-order chi connectivity index (χ1) is 10.7. The molecule has 22 heavy (non-hydrogen) atoms. The third kappa shape index (κ3) is 2.86. The zero-order chi connectivity index (χ0) is 15.5. The Morgan fingerprint density at radius 3 is 2.77 bits per heavy atom. The number of halogens is 1. The van der Waals surface area contributed by atoms with Crippen LogP contribution in [0.15, 0.2) is 36.5 Å². The van der Waals surface area contributed by atoms with Crippen LogP contribution < -0.4 is 5.32 Å². The summed E-state index contributed by atoms with van der Waals surface area (Å²) in [6.07, 6.45) is 6.55. The molecule has 1 aliphatic carbocycles. The van der Waals surface area contributed by atoms with Gasteiger partial charge in [0.25, 0.3) is 0 Å². The lowest BCUT2D eigenvalue weighted by atomic mass is 9.90. The molecule has 0 fully saturated rings. The van der Waals surface area contributed by atoms with Crippen LogP contribution in [0.3, 0.4) is 0 Å². The quantitative estimate of drug-likeness (QED) is 0.943. The van der Waals surface area contributed by atoms with Gasteiger partial charge in [-0.2, -0.15) is 10.4 Å². The molecule has 0 bridgehead atoms. The molecule has 0 saturated heterocycles. The van der Waals surface area contributed by atoms with Gasteiger partial charge < -0.3 is 5.32 Å². The van der Waals surface area contributed by atoms with E-state index in [4.69, 9.17) is 5.26 Å². The van der Waals surface area contributed by atoms with E-state index in [0.29, 0.717) is 5.56 Å². The molecule has 112 valence electrons. The number of nitriles is 1. The minimum atomic E-state index is -0.208. The molecule has 0 saturated carbocycles. The second-order valence-corrected chi connectivity index (χ2v) is 5.49. The average Bonchev–Trinajstić information content (AvgIpc) is 2.89. The SMILES string of the molecule is Cn1ncc(C#N)c1NC1CC=C(c2ccc(F)cc2)CC1. The molecule has 1 N–H and O–H groups in total. The molecule has 4 nitrogen and oxygen atoms in total. The number of aryl methyl sites for hydroxylation is 1. The van der Waals surface area contributed by atoms with Crippen LogP contribution in [0.4, 0.5) is 10.2 Å². The lowest BCUT2D eigenvalue weighted by Crippen LogP contribution is -2.23. The smallest absolute Gasteiger partial charge is 0.142 e. The lowest BCUT2D eigenvalue weighted by Gasteiger charge is -2.24. The van der Waals surface area contributed by atoms with Gasteiger partial charge in [-0.25, -0.2) is 4.39 Å². The van der Waals surface area contributed by atoms with Crippen molar-refractivity contribution >= 4 is 11.4 Å². The molecule has 1 aliphatic rings. The normalized spacial score (nSPS) is 17.7. The van der Waals surface area contributed by atoms with Crippen LogP contribution in [0.5, 0.6) is 0 Å². The van der Waals surface area contributed by atoms with Gasteiger partial charge in [0.05, 0.1) is 6.20 Å². The van der Waals surface area contributed by atoms with Crippen LogP contribution in [-0.4, -0.2) is 15.8 Å². The van der Waals surface area contributed by atoms with E-state index in [2.05, 4.69) is 22.6 Å². The monoisotopic (exact) mass is 296 g/mol. The van der Waals surface area contributed by atoms with Gasteiger partial charge in [-0.3, -0.25) is 4.68 Å². The van der Waals surface area contributed by atoms with Crippen molar-refractivity contribution in [3.05, 3.63) is 53.5 Å². The van der Waals surface area contributed by atoms with Crippen LogP contribution in [0.2, 0.25) is 0 Å². The zero-order valence-electron chi connectivity index (χ0n) is 12.4. The Morgan fingerprint density at radius 1 is 1.36 bits per heavy atom. The second kappa shape index (κ2) is 6.02. The summed E-state index contributed by atoms with van der Waals surface area (Å²) in [6, 6.07) is 9.07. The Morgan fingerprint density at radius 2 is 2.14 bits per heavy atom. The van der Waals surface area contributed by atoms with Crippen molar-refractivity contribution in [1.29, 1.82) is 5.26 Å². The van der Waals surface area contributed by atoms with Crippen LogP contribution in [0.1, 0.15) is 30.4 Å². The Labute approximate surface area is 128 Å². The van der Waals surface area contributed by atoms with Gasteiger partial charge in [0, 0.05) is 13.1 Å². The molecule has 5 heteroatoms. The fourth-order valence-corrected chi connectivity index (χ4v) is 2.78. The Hall–Kier alpha value is -2.61. The van der Waals surface area contributed by atoms with Gasteiger partial charge in [-0.1, -0.05) is 18.2 Å². The van der Waals surface area contributed by atoms with Gasteiger partial charge in [-0.15, -0.1) is 0 Å². The Kier molecular flexibility index (Phi) is 3.92. The molecule has 1 heterocycles. The average molecular weight is 296 g/mol. The van der Waals surface area contributed by atoms with Gasteiger partial charge in [0.2, 0.25) is 0 Å². The highest BCUT2D eigenvalue weighted by atomic mass is 19.1. The summed E-state index contributed by atoms with van der Waals surface area (Å²) in [6.45, 7) is 0. The molecular weight excluding hydrogens is 279 g/mol. The molecule has 0 amide bonds. The van der Waals surface area contributed by atoms with Crippen molar-refractivity contribution in [2.45, 2.75) is 25.3 Å². The van der Waals surface area contributed by atoms with Crippen LogP contribution >= 0.6 is 0 Å². The van der Waals surface area contributed by atoms with E-state index >= 15 is 0 Å². The van der Waals surface area contributed by atoms with E-state index in [1.807, 2.05) is 19.2 Å². The summed E-state index contributed by atoms with van der Waals surface area (Å²) in [5.74, 6) is 0.561. The van der Waals surface area contributed by atoms with Crippen molar-refractivity contribution in [3.63, 3.8) is 0 Å². The number of hydrogen-bond donors (Lipinski definition) is 1. The standard InChI is InChI=1S/C17H17FN4/c1-22-17(14(10-19)11-20-22)21-16-8-4-13(5-9-16)12-2-6-15(18)7-3-12/h2-4,6-7,11,16,21H,5,8-9H2,1H3. The number of rotatable bonds is 3. The van der Waals surface area contributed by atoms with Gasteiger partial charge in [0.1, 0.15) is 23.3 Å². The summed E-state index contributed by atoms with van der Waals surface area (Å²) < 4.78 is 14.7. The second-order valence-electron chi connectivity index (χ2n) is 5.49. The lowest BCUT2D eigenvalue weighted by molar-refractivity contribution is 0.626. The predicted molar refractivity (Wildman–Crippen MR) is 83.6 cm³/mol. The van der Waals surface area contributed by atoms with Gasteiger partial charge >= 0.3 is 0 Å². The molecule has 1 atom stereocenters. The van der Waals surface area contributed by atoms with E-state index in [1.165, 1.54) is 17.7 Å². The number of nitrogens with one attached hydrogen (secondary N) is 1. The Balaban J connectivity index is 1.70. The number of nitrogens with zero attached hydrogens (tertiary/aromatic N) is 3. The maximum Gasteiger partial charge on any atom is 0.142 e. The summed E-state index contributed by atoms with van der Waals surface area (Å²) in [5.41, 5.74) is 2.90. The molecular formula is C17H17FN4. The first-order valence-electron chi connectivity index (χ1n) is 7.31. The highest BCUT2D eigenvalue weighted by Crippen LogP contribution is 2.29. The topological polar surface area (TPSA) is 53.6 Å². The zero-order valence-corrected chi connectivity index (χ0v) is 12.4. The van der Waals surface area contributed by atoms with E-state index in [0.717, 1.165) is 30.6 Å². The van der Waals surface area contributed by atoms with Crippen LogP contribution in [-0.2, 0) is 7.05 Å². The number of aromatic nitrogens is 2. The summed E-state index contributed by atoms with van der Waals surface area (Å²) in [4.78, 5) is 0. The van der Waals surface area contributed by atoms with Crippen LogP contribution in [0.25, 0.3) is 5.57 Å². The van der Waals surface area contributed by atoms with Crippen molar-refractivity contribution in [2.24, 2.45) is 7.05 Å². The van der Waals surface area contributed by atoms with Crippen molar-refractivity contribution in [3.8, 4) is 6.07 Å². The van der Waals surface area contributed by atoms with Gasteiger partial charge in [-0.05, 0) is 42.5 Å². The summed E-state index contributed by atoms with van der Waals surface area (Å²) >= 11 is 0. The molecule has 0 aliphatic heterocycles. The number of hydrogen-bond acceptors (Lipinski definition) is 3. The van der Waals surface area contributed by atoms with Gasteiger partial charge in [0.15, 0.2) is 0 Å². The third-order valence-electron chi connectivity index (χ3n) is 4.03. The van der Waals surface area contributed by atoms with E-state index in [1.54, 1.807) is 10.9 Å². The van der Waals surface area contributed by atoms with Crippen molar-refractivity contribution in [2.75, 3.05) is 5.32 Å². The number of allylic oxidation sites excluding steroid dienone is 1. The van der Waals surface area contributed by atoms with E-state index < -0.39 is 0 Å². The van der Waals surface area contributed by atoms with Crippen molar-refractivity contribution < 1.29 is 4.39 Å². The number of anilines is 1. The fraction of sp³-hybridized carbons (Fsp3) is 0.294. The van der Waals surface area contributed by atoms with Crippen molar-refractivity contribution in [1.82, 2.24) is 9.78 Å². The highest BCUT2D eigenvalue weighted by Gasteiger charge is 2.18. The highest BCUT2D eigenvalue weighted by molar-refractivity contribution is 5.66. The maximum absolute atomic E-state index is 13.0. The first kappa shape index (κ1) is 14.3. The molecule has 0 spiro atoms. The molecule has 3 rings (SSSR count). The summed E-state index contributed by atoms with van der Waals surface area (Å²) in [5, 5.41) is 16.6. The molecule has 1 unspecified atom stereocenters. The predicted octanol–water partition coefficient (Wildman–Crippen LogP) is 3.48. The molecule has 1 aromatic carbocycles. The first-order valence-corrected chi connectivity index (χ1v) is 7.31. The Bertz CT molecular complexity index is 737. The van der Waals surface area contributed by atoms with E-state index in [-0.39, 0.29) is 11.9 Å². The fourth-order valence-electron chi connectivity index (χ4n) is 2.78. The molecule has 1 aromatic heterocycles. The molecule has 2 aromatic rings.